The van der Waals surface area contributed by atoms with E-state index in [-0.39, 0.29) is 0 Å². The van der Waals surface area contributed by atoms with Crippen molar-refractivity contribution in [1.29, 1.82) is 0 Å². The zero-order chi connectivity index (χ0) is 15.8. The lowest BCUT2D eigenvalue weighted by Crippen LogP contribution is -2.54. The van der Waals surface area contributed by atoms with Crippen LogP contribution in [-0.2, 0) is 28.2 Å². The van der Waals surface area contributed by atoms with Crippen LogP contribution >= 0.6 is 0 Å². The van der Waals surface area contributed by atoms with Crippen LogP contribution < -0.4 is 0 Å². The monoisotopic (exact) mass is 306 g/mol. The molecule has 1 rings (SSSR count). The average molecular weight is 306 g/mol. The Labute approximate surface area is 122 Å². The Hall–Kier alpha value is -0.473. The van der Waals surface area contributed by atoms with Crippen molar-refractivity contribution in [2.45, 2.75) is 51.5 Å². The molecule has 0 aromatic rings. The smallest absolute Gasteiger partial charge is 0.369 e. The molecule has 118 valence electrons. The maximum atomic E-state index is 12.3. The molecule has 7 heteroatoms. The third-order valence-electron chi connectivity index (χ3n) is 3.48. The van der Waals surface area contributed by atoms with Crippen molar-refractivity contribution in [1.82, 2.24) is 0 Å². The lowest BCUT2D eigenvalue weighted by Gasteiger charge is -2.35. The Kier molecular flexibility index (Phi) is 5.03. The molecule has 1 heterocycles. The number of rotatable bonds is 6. The maximum Gasteiger partial charge on any atom is 0.369 e. The van der Waals surface area contributed by atoms with Gasteiger partial charge in [0.25, 0.3) is 5.79 Å². The van der Waals surface area contributed by atoms with Crippen LogP contribution in [0.25, 0.3) is 0 Å². The van der Waals surface area contributed by atoms with Gasteiger partial charge in [-0.05, 0) is 13.1 Å². The molecule has 6 nitrogen and oxygen atoms in total. The van der Waals surface area contributed by atoms with Crippen LogP contribution in [0.1, 0.15) is 20.8 Å². The molecule has 0 bridgehead atoms. The normalized spacial score (nSPS) is 29.9. The second-order valence-corrected chi connectivity index (χ2v) is 8.50. The topological polar surface area (TPSA) is 66.5 Å². The molecular formula is C13H26O6Si. The van der Waals surface area contributed by atoms with E-state index in [1.807, 2.05) is 33.9 Å². The Balaban J connectivity index is 3.31. The van der Waals surface area contributed by atoms with Gasteiger partial charge in [-0.1, -0.05) is 20.8 Å². The minimum Gasteiger partial charge on any atom is -0.465 e. The molecule has 0 N–H and O–H groups in total. The van der Waals surface area contributed by atoms with Crippen molar-refractivity contribution < 1.29 is 28.2 Å². The number of hydrogen-bond donors (Lipinski definition) is 0. The molecule has 0 aromatic carbocycles. The van der Waals surface area contributed by atoms with Gasteiger partial charge in [0.2, 0.25) is 0 Å². The van der Waals surface area contributed by atoms with Gasteiger partial charge in [0.05, 0.1) is 7.11 Å². The van der Waals surface area contributed by atoms with Crippen molar-refractivity contribution in [3.8, 4) is 0 Å². The minimum atomic E-state index is -1.56. The van der Waals surface area contributed by atoms with Crippen molar-refractivity contribution >= 4 is 15.0 Å². The van der Waals surface area contributed by atoms with Gasteiger partial charge in [0.1, 0.15) is 0 Å². The van der Waals surface area contributed by atoms with Crippen molar-refractivity contribution in [2.75, 3.05) is 21.3 Å². The van der Waals surface area contributed by atoms with Crippen LogP contribution in [0.4, 0.5) is 0 Å². The highest BCUT2D eigenvalue weighted by Gasteiger charge is 2.85. The first-order valence-corrected chi connectivity index (χ1v) is 9.43. The van der Waals surface area contributed by atoms with E-state index in [1.54, 1.807) is 0 Å². The van der Waals surface area contributed by atoms with Gasteiger partial charge in [0.15, 0.2) is 20.9 Å². The third kappa shape index (κ3) is 2.41. The fourth-order valence-electron chi connectivity index (χ4n) is 2.65. The molecule has 0 aliphatic carbocycles. The van der Waals surface area contributed by atoms with E-state index in [9.17, 15) is 4.79 Å². The molecule has 1 fully saturated rings. The highest BCUT2D eigenvalue weighted by Crippen LogP contribution is 2.62. The predicted molar refractivity (Wildman–Crippen MR) is 75.8 cm³/mol. The van der Waals surface area contributed by atoms with Crippen molar-refractivity contribution in [3.05, 3.63) is 0 Å². The molecule has 2 unspecified atom stereocenters. The van der Waals surface area contributed by atoms with E-state index in [4.69, 9.17) is 23.4 Å². The fourth-order valence-corrected chi connectivity index (χ4v) is 3.64. The molecule has 20 heavy (non-hydrogen) atoms. The van der Waals surface area contributed by atoms with E-state index in [0.29, 0.717) is 0 Å². The number of methoxy groups -OCH3 is 3. The van der Waals surface area contributed by atoms with E-state index >= 15 is 0 Å². The van der Waals surface area contributed by atoms with Gasteiger partial charge in [0, 0.05) is 19.6 Å². The largest absolute Gasteiger partial charge is 0.465 e. The Morgan fingerprint density at radius 3 is 1.95 bits per heavy atom. The third-order valence-corrected chi connectivity index (χ3v) is 4.29. The van der Waals surface area contributed by atoms with Gasteiger partial charge >= 0.3 is 5.97 Å². The van der Waals surface area contributed by atoms with Crippen molar-refractivity contribution in [3.63, 3.8) is 0 Å². The molecule has 1 saturated heterocycles. The molecule has 0 spiro atoms. The fraction of sp³-hybridized carbons (Fsp3) is 0.923. The summed E-state index contributed by atoms with van der Waals surface area (Å²) in [5.41, 5.74) is -1.48. The predicted octanol–water partition coefficient (Wildman–Crippen LogP) is 1.29. The number of carbonyl (C=O) groups is 1. The summed E-state index contributed by atoms with van der Waals surface area (Å²) < 4.78 is 27.4. The summed E-state index contributed by atoms with van der Waals surface area (Å²) in [7, 11) is 2.79. The van der Waals surface area contributed by atoms with Crippen LogP contribution in [0, 0.1) is 5.41 Å². The Morgan fingerprint density at radius 2 is 1.65 bits per heavy atom. The van der Waals surface area contributed by atoms with Gasteiger partial charge < -0.3 is 23.4 Å². The van der Waals surface area contributed by atoms with Gasteiger partial charge in [-0.15, -0.1) is 0 Å². The summed E-state index contributed by atoms with van der Waals surface area (Å²) in [4.78, 5) is 12.3. The molecule has 0 aromatic heterocycles. The van der Waals surface area contributed by atoms with Gasteiger partial charge in [-0.2, -0.15) is 0 Å². The molecule has 0 amide bonds. The van der Waals surface area contributed by atoms with Crippen molar-refractivity contribution in [2.24, 2.45) is 5.41 Å². The zero-order valence-electron chi connectivity index (χ0n) is 13.6. The van der Waals surface area contributed by atoms with E-state index in [1.165, 1.54) is 21.3 Å². The second-order valence-electron chi connectivity index (χ2n) is 6.17. The SMILES string of the molecule is COC(=O)C1(O[SiH](C)C)OC1(C(OC)OC)C(C)(C)C. The highest BCUT2D eigenvalue weighted by molar-refractivity contribution is 6.48. The standard InChI is InChI=1S/C13H26O6Si/c1-11(2,3)12(10(16-5)17-6)13(18-12,9(14)15-4)19-20(7)8/h10,20H,1-8H3. The lowest BCUT2D eigenvalue weighted by atomic mass is 9.76. The average Bonchev–Trinajstić information content (AvgIpc) is 3.00. The summed E-state index contributed by atoms with van der Waals surface area (Å²) in [5, 5.41) is 0. The van der Waals surface area contributed by atoms with E-state index < -0.39 is 38.1 Å². The molecule has 0 saturated carbocycles. The maximum absolute atomic E-state index is 12.3. The molecule has 2 atom stereocenters. The van der Waals surface area contributed by atoms with Crippen LogP contribution in [0.3, 0.4) is 0 Å². The van der Waals surface area contributed by atoms with Crippen LogP contribution in [0.5, 0.6) is 0 Å². The summed E-state index contributed by atoms with van der Waals surface area (Å²) in [6, 6.07) is 0. The molecular weight excluding hydrogens is 280 g/mol. The molecule has 1 aliphatic rings. The van der Waals surface area contributed by atoms with E-state index in [0.717, 1.165) is 0 Å². The van der Waals surface area contributed by atoms with Crippen LogP contribution in [0.15, 0.2) is 0 Å². The summed E-state index contributed by atoms with van der Waals surface area (Å²) in [6.45, 7) is 9.79. The lowest BCUT2D eigenvalue weighted by molar-refractivity contribution is -0.178. The number of epoxide rings is 1. The zero-order valence-corrected chi connectivity index (χ0v) is 14.8. The summed E-state index contributed by atoms with van der Waals surface area (Å²) in [6.07, 6.45) is -0.727. The first-order valence-electron chi connectivity index (χ1n) is 6.65. The first kappa shape index (κ1) is 17.6. The van der Waals surface area contributed by atoms with Gasteiger partial charge in [-0.25, -0.2) is 4.79 Å². The molecule has 0 radical (unpaired) electrons. The molecule has 1 aliphatic heterocycles. The number of carbonyl (C=O) groups excluding carboxylic acids is 1. The number of esters is 1. The van der Waals surface area contributed by atoms with Crippen LogP contribution in [-0.4, -0.2) is 54.0 Å². The summed E-state index contributed by atoms with van der Waals surface area (Å²) >= 11 is 0. The second kappa shape index (κ2) is 5.73. The van der Waals surface area contributed by atoms with E-state index in [2.05, 4.69) is 0 Å². The Bertz CT molecular complexity index is 362. The highest BCUT2D eigenvalue weighted by atomic mass is 28.3. The van der Waals surface area contributed by atoms with Crippen LogP contribution in [0.2, 0.25) is 13.1 Å². The minimum absolute atomic E-state index is 0.443. The first-order chi connectivity index (χ1) is 9.12. The quantitative estimate of drug-likeness (QED) is 0.319. The Morgan fingerprint density at radius 1 is 1.15 bits per heavy atom. The summed E-state index contributed by atoms with van der Waals surface area (Å²) in [5.74, 6) is -2.00. The number of hydrogen-bond acceptors (Lipinski definition) is 6. The number of ether oxygens (including phenoxy) is 4. The van der Waals surface area contributed by atoms with Gasteiger partial charge in [-0.3, -0.25) is 0 Å².